The molecule has 0 amide bonds. The summed E-state index contributed by atoms with van der Waals surface area (Å²) in [5.74, 6) is 0. The van der Waals surface area contributed by atoms with Crippen LogP contribution in [0.3, 0.4) is 0 Å². The van der Waals surface area contributed by atoms with Gasteiger partial charge >= 0.3 is 0 Å². The van der Waals surface area contributed by atoms with E-state index in [1.165, 1.54) is 22.1 Å². The van der Waals surface area contributed by atoms with E-state index in [1.54, 1.807) is 0 Å². The smallest absolute Gasteiger partial charge is 0.144 e. The number of aryl methyl sites for hydroxylation is 2. The summed E-state index contributed by atoms with van der Waals surface area (Å²) in [5, 5.41) is 2.36. The Bertz CT molecular complexity index is 1100. The fourth-order valence-electron chi connectivity index (χ4n) is 3.55. The third-order valence-corrected chi connectivity index (χ3v) is 4.84. The lowest BCUT2D eigenvalue weighted by molar-refractivity contribution is 0.589. The molecule has 126 valence electrons. The minimum atomic E-state index is 0.0904. The van der Waals surface area contributed by atoms with Crippen molar-refractivity contribution in [2.45, 2.75) is 40.0 Å². The lowest BCUT2D eigenvalue weighted by Crippen LogP contribution is -2.11. The molecule has 0 saturated heterocycles. The highest BCUT2D eigenvalue weighted by Crippen LogP contribution is 2.37. The van der Waals surface area contributed by atoms with Crippen LogP contribution >= 0.6 is 0 Å². The molecule has 4 aromatic rings. The normalized spacial score (nSPS) is 12.2. The van der Waals surface area contributed by atoms with E-state index in [0.29, 0.717) is 0 Å². The predicted octanol–water partition coefficient (Wildman–Crippen LogP) is 6.56. The number of hydrogen-bond donors (Lipinski definition) is 0. The van der Waals surface area contributed by atoms with Crippen LogP contribution in [-0.4, -0.2) is 4.98 Å². The van der Waals surface area contributed by atoms with Crippen molar-refractivity contribution in [1.29, 1.82) is 0 Å². The van der Waals surface area contributed by atoms with E-state index in [0.717, 1.165) is 27.8 Å². The average Bonchev–Trinajstić information content (AvgIpc) is 2.92. The van der Waals surface area contributed by atoms with Gasteiger partial charge in [0, 0.05) is 22.5 Å². The van der Waals surface area contributed by atoms with E-state index in [1.807, 2.05) is 6.20 Å². The second-order valence-corrected chi connectivity index (χ2v) is 7.92. The molecule has 0 aliphatic heterocycles. The first kappa shape index (κ1) is 15.9. The van der Waals surface area contributed by atoms with E-state index < -0.39 is 0 Å². The summed E-state index contributed by atoms with van der Waals surface area (Å²) in [6.07, 6.45) is 1.90. The second-order valence-electron chi connectivity index (χ2n) is 7.92. The van der Waals surface area contributed by atoms with Crippen molar-refractivity contribution in [1.82, 2.24) is 4.98 Å². The standard InChI is InChI=1S/C23H23NO/c1-14-11-15(2)21-18-8-6-7-17(22(18)25-20(21)12-14)19-13-16(9-10-24-19)23(3,4)5/h6-13H,1-5H3. The van der Waals surface area contributed by atoms with Gasteiger partial charge in [-0.1, -0.05) is 39.0 Å². The highest BCUT2D eigenvalue weighted by Gasteiger charge is 2.18. The molecule has 0 fully saturated rings. The van der Waals surface area contributed by atoms with E-state index >= 15 is 0 Å². The molecule has 2 heterocycles. The van der Waals surface area contributed by atoms with E-state index in [4.69, 9.17) is 4.42 Å². The van der Waals surface area contributed by atoms with Gasteiger partial charge in [0.15, 0.2) is 0 Å². The Kier molecular flexibility index (Phi) is 3.47. The monoisotopic (exact) mass is 329 g/mol. The fourth-order valence-corrected chi connectivity index (χ4v) is 3.55. The zero-order chi connectivity index (χ0) is 17.8. The fraction of sp³-hybridized carbons (Fsp3) is 0.261. The van der Waals surface area contributed by atoms with Gasteiger partial charge in [-0.05, 0) is 60.2 Å². The molecule has 2 aromatic carbocycles. The maximum Gasteiger partial charge on any atom is 0.144 e. The van der Waals surface area contributed by atoms with Crippen molar-refractivity contribution >= 4 is 21.9 Å². The Morgan fingerprint density at radius 3 is 2.52 bits per heavy atom. The summed E-state index contributed by atoms with van der Waals surface area (Å²) >= 11 is 0. The van der Waals surface area contributed by atoms with Crippen molar-refractivity contribution < 1.29 is 4.42 Å². The molecule has 4 rings (SSSR count). The number of fused-ring (bicyclic) bond motifs is 3. The minimum Gasteiger partial charge on any atom is -0.455 e. The van der Waals surface area contributed by atoms with Crippen LogP contribution < -0.4 is 0 Å². The lowest BCUT2D eigenvalue weighted by Gasteiger charge is -2.19. The summed E-state index contributed by atoms with van der Waals surface area (Å²) < 4.78 is 6.29. The number of nitrogens with zero attached hydrogens (tertiary/aromatic N) is 1. The van der Waals surface area contributed by atoms with Crippen LogP contribution in [0, 0.1) is 13.8 Å². The maximum atomic E-state index is 6.29. The van der Waals surface area contributed by atoms with Gasteiger partial charge in [-0.25, -0.2) is 0 Å². The van der Waals surface area contributed by atoms with Gasteiger partial charge in [0.25, 0.3) is 0 Å². The molecule has 0 unspecified atom stereocenters. The van der Waals surface area contributed by atoms with Gasteiger partial charge in [0.1, 0.15) is 11.2 Å². The van der Waals surface area contributed by atoms with Gasteiger partial charge in [0.05, 0.1) is 5.69 Å². The second kappa shape index (κ2) is 5.45. The number of rotatable bonds is 1. The molecular weight excluding hydrogens is 306 g/mol. The van der Waals surface area contributed by atoms with Gasteiger partial charge in [0.2, 0.25) is 0 Å². The minimum absolute atomic E-state index is 0.0904. The summed E-state index contributed by atoms with van der Waals surface area (Å²) in [6, 6.07) is 14.9. The quantitative estimate of drug-likeness (QED) is 0.395. The van der Waals surface area contributed by atoms with Gasteiger partial charge < -0.3 is 4.42 Å². The predicted molar refractivity (Wildman–Crippen MR) is 105 cm³/mol. The van der Waals surface area contributed by atoms with Crippen molar-refractivity contribution in [2.24, 2.45) is 0 Å². The number of aromatic nitrogens is 1. The third-order valence-electron chi connectivity index (χ3n) is 4.84. The molecular formula is C23H23NO. The van der Waals surface area contributed by atoms with Crippen LogP contribution in [-0.2, 0) is 5.41 Å². The Morgan fingerprint density at radius 2 is 1.76 bits per heavy atom. The van der Waals surface area contributed by atoms with Crippen molar-refractivity contribution in [2.75, 3.05) is 0 Å². The number of para-hydroxylation sites is 1. The van der Waals surface area contributed by atoms with E-state index in [-0.39, 0.29) is 5.41 Å². The zero-order valence-electron chi connectivity index (χ0n) is 15.5. The van der Waals surface area contributed by atoms with Crippen LogP contribution in [0.15, 0.2) is 53.1 Å². The molecule has 0 saturated carbocycles. The first-order chi connectivity index (χ1) is 11.8. The van der Waals surface area contributed by atoms with Gasteiger partial charge in [-0.15, -0.1) is 0 Å². The largest absolute Gasteiger partial charge is 0.455 e. The SMILES string of the molecule is Cc1cc(C)c2c(c1)oc1c(-c3cc(C(C)(C)C)ccn3)cccc12. The molecule has 2 nitrogen and oxygen atoms in total. The molecule has 0 N–H and O–H groups in total. The van der Waals surface area contributed by atoms with Crippen LogP contribution in [0.1, 0.15) is 37.5 Å². The molecule has 0 radical (unpaired) electrons. The molecule has 0 bridgehead atoms. The van der Waals surface area contributed by atoms with E-state index in [9.17, 15) is 0 Å². The number of hydrogen-bond acceptors (Lipinski definition) is 2. The molecule has 0 aliphatic carbocycles. The molecule has 25 heavy (non-hydrogen) atoms. The van der Waals surface area contributed by atoms with Crippen molar-refractivity contribution in [3.63, 3.8) is 0 Å². The highest BCUT2D eigenvalue weighted by molar-refractivity contribution is 6.10. The first-order valence-corrected chi connectivity index (χ1v) is 8.74. The Balaban J connectivity index is 2.02. The molecule has 0 atom stereocenters. The van der Waals surface area contributed by atoms with Crippen LogP contribution in [0.4, 0.5) is 0 Å². The summed E-state index contributed by atoms with van der Waals surface area (Å²) in [5.41, 5.74) is 7.73. The Hall–Kier alpha value is -2.61. The number of benzene rings is 2. The van der Waals surface area contributed by atoms with Crippen LogP contribution in [0.5, 0.6) is 0 Å². The number of pyridine rings is 1. The first-order valence-electron chi connectivity index (χ1n) is 8.74. The van der Waals surface area contributed by atoms with E-state index in [2.05, 4.69) is 82.1 Å². The molecule has 0 aliphatic rings. The van der Waals surface area contributed by atoms with Gasteiger partial charge in [-0.3, -0.25) is 4.98 Å². The summed E-state index contributed by atoms with van der Waals surface area (Å²) in [6.45, 7) is 10.9. The maximum absolute atomic E-state index is 6.29. The average molecular weight is 329 g/mol. The molecule has 2 aromatic heterocycles. The van der Waals surface area contributed by atoms with Crippen LogP contribution in [0.25, 0.3) is 33.2 Å². The molecule has 2 heteroatoms. The van der Waals surface area contributed by atoms with Gasteiger partial charge in [-0.2, -0.15) is 0 Å². The zero-order valence-corrected chi connectivity index (χ0v) is 15.5. The molecule has 0 spiro atoms. The van der Waals surface area contributed by atoms with Crippen LogP contribution in [0.2, 0.25) is 0 Å². The summed E-state index contributed by atoms with van der Waals surface area (Å²) in [4.78, 5) is 4.62. The Morgan fingerprint density at radius 1 is 0.960 bits per heavy atom. The Labute approximate surface area is 148 Å². The van der Waals surface area contributed by atoms with Crippen molar-refractivity contribution in [3.05, 3.63) is 65.4 Å². The lowest BCUT2D eigenvalue weighted by atomic mass is 9.87. The summed E-state index contributed by atoms with van der Waals surface area (Å²) in [7, 11) is 0. The van der Waals surface area contributed by atoms with Crippen molar-refractivity contribution in [3.8, 4) is 11.3 Å². The third kappa shape index (κ3) is 2.62. The number of furan rings is 1. The highest BCUT2D eigenvalue weighted by atomic mass is 16.3. The topological polar surface area (TPSA) is 26.0 Å².